The Kier molecular flexibility index (Phi) is 2.81. The van der Waals surface area contributed by atoms with Gasteiger partial charge >= 0.3 is 0 Å². The van der Waals surface area contributed by atoms with Crippen LogP contribution in [-0.2, 0) is 6.42 Å². The van der Waals surface area contributed by atoms with Gasteiger partial charge in [0.25, 0.3) is 0 Å². The lowest BCUT2D eigenvalue weighted by Crippen LogP contribution is -2.01. The van der Waals surface area contributed by atoms with Gasteiger partial charge < -0.3 is 13.9 Å². The SMILES string of the molecule is OC(Cc1nc2ccccc2o1)c1ccoc1Cl. The zero-order valence-electron chi connectivity index (χ0n) is 9.34. The zero-order valence-corrected chi connectivity index (χ0v) is 10.1. The molecule has 3 aromatic rings. The van der Waals surface area contributed by atoms with Crippen molar-refractivity contribution in [3.8, 4) is 0 Å². The van der Waals surface area contributed by atoms with Crippen molar-refractivity contribution in [1.82, 2.24) is 4.98 Å². The molecule has 0 amide bonds. The van der Waals surface area contributed by atoms with Gasteiger partial charge in [-0.05, 0) is 29.8 Å². The molecule has 0 aliphatic carbocycles. The molecule has 1 unspecified atom stereocenters. The fraction of sp³-hybridized carbons (Fsp3) is 0.154. The van der Waals surface area contributed by atoms with Crippen LogP contribution in [0.15, 0.2) is 45.4 Å². The van der Waals surface area contributed by atoms with E-state index >= 15 is 0 Å². The van der Waals surface area contributed by atoms with Gasteiger partial charge in [-0.3, -0.25) is 0 Å². The summed E-state index contributed by atoms with van der Waals surface area (Å²) in [6.07, 6.45) is 0.908. The molecule has 5 heteroatoms. The van der Waals surface area contributed by atoms with Crippen molar-refractivity contribution in [3.63, 3.8) is 0 Å². The van der Waals surface area contributed by atoms with E-state index in [0.29, 0.717) is 17.0 Å². The molecular formula is C13H10ClNO3. The number of fused-ring (bicyclic) bond motifs is 1. The van der Waals surface area contributed by atoms with E-state index in [9.17, 15) is 5.11 Å². The van der Waals surface area contributed by atoms with Crippen molar-refractivity contribution in [3.05, 3.63) is 53.3 Å². The average molecular weight is 264 g/mol. The summed E-state index contributed by atoms with van der Waals surface area (Å²) in [5.41, 5.74) is 2.02. The van der Waals surface area contributed by atoms with Gasteiger partial charge in [0.1, 0.15) is 5.52 Å². The van der Waals surface area contributed by atoms with E-state index in [4.69, 9.17) is 20.4 Å². The molecule has 2 aromatic heterocycles. The largest absolute Gasteiger partial charge is 0.453 e. The van der Waals surface area contributed by atoms with E-state index in [2.05, 4.69) is 4.98 Å². The third-order valence-corrected chi connectivity index (χ3v) is 3.02. The minimum Gasteiger partial charge on any atom is -0.453 e. The molecular weight excluding hydrogens is 254 g/mol. The molecule has 0 saturated heterocycles. The first kappa shape index (κ1) is 11.3. The van der Waals surface area contributed by atoms with Crippen molar-refractivity contribution in [2.75, 3.05) is 0 Å². The molecule has 92 valence electrons. The molecule has 0 aliphatic heterocycles. The summed E-state index contributed by atoms with van der Waals surface area (Å²) in [4.78, 5) is 4.29. The fourth-order valence-corrected chi connectivity index (χ4v) is 2.07. The first-order valence-corrected chi connectivity index (χ1v) is 5.87. The van der Waals surface area contributed by atoms with Crippen molar-refractivity contribution in [1.29, 1.82) is 0 Å². The molecule has 3 rings (SSSR count). The Bertz CT molecular complexity index is 640. The Morgan fingerprint density at radius 2 is 2.11 bits per heavy atom. The molecule has 0 radical (unpaired) electrons. The predicted molar refractivity (Wildman–Crippen MR) is 66.4 cm³/mol. The number of benzene rings is 1. The highest BCUT2D eigenvalue weighted by Crippen LogP contribution is 2.27. The Morgan fingerprint density at radius 1 is 1.28 bits per heavy atom. The Morgan fingerprint density at radius 3 is 2.83 bits per heavy atom. The minimum atomic E-state index is -0.788. The normalized spacial score (nSPS) is 13.0. The van der Waals surface area contributed by atoms with Gasteiger partial charge in [0, 0.05) is 5.56 Å². The number of nitrogens with zero attached hydrogens (tertiary/aromatic N) is 1. The predicted octanol–water partition coefficient (Wildman–Crippen LogP) is 3.35. The highest BCUT2D eigenvalue weighted by molar-refractivity contribution is 6.29. The van der Waals surface area contributed by atoms with Crippen LogP contribution in [0.5, 0.6) is 0 Å². The summed E-state index contributed by atoms with van der Waals surface area (Å²) in [5, 5.41) is 10.2. The number of hydrogen-bond donors (Lipinski definition) is 1. The van der Waals surface area contributed by atoms with E-state index in [1.165, 1.54) is 6.26 Å². The summed E-state index contributed by atoms with van der Waals surface area (Å²) in [5.74, 6) is 0.473. The molecule has 0 spiro atoms. The number of halogens is 1. The molecule has 0 saturated carbocycles. The Labute approximate surface area is 108 Å². The van der Waals surface area contributed by atoms with Gasteiger partial charge in [0.2, 0.25) is 0 Å². The van der Waals surface area contributed by atoms with Crippen LogP contribution in [0.3, 0.4) is 0 Å². The first-order valence-electron chi connectivity index (χ1n) is 5.49. The standard InChI is InChI=1S/C13H10ClNO3/c14-13-8(5-6-17-13)10(16)7-12-15-9-3-1-2-4-11(9)18-12/h1-6,10,16H,7H2. The zero-order chi connectivity index (χ0) is 12.5. The maximum absolute atomic E-state index is 10.0. The van der Waals surface area contributed by atoms with Crippen molar-refractivity contribution in [2.24, 2.45) is 0 Å². The van der Waals surface area contributed by atoms with E-state index in [1.54, 1.807) is 6.07 Å². The summed E-state index contributed by atoms with van der Waals surface area (Å²) >= 11 is 5.80. The third kappa shape index (κ3) is 2.00. The third-order valence-electron chi connectivity index (χ3n) is 2.71. The average Bonchev–Trinajstić information content (AvgIpc) is 2.94. The van der Waals surface area contributed by atoms with Crippen molar-refractivity contribution in [2.45, 2.75) is 12.5 Å². The smallest absolute Gasteiger partial charge is 0.198 e. The monoisotopic (exact) mass is 263 g/mol. The number of aromatic nitrogens is 1. The van der Waals surface area contributed by atoms with Crippen molar-refractivity contribution >= 4 is 22.7 Å². The number of furan rings is 1. The molecule has 1 N–H and O–H groups in total. The van der Waals surface area contributed by atoms with E-state index < -0.39 is 6.10 Å². The Hall–Kier alpha value is -1.78. The fourth-order valence-electron chi connectivity index (χ4n) is 1.83. The maximum atomic E-state index is 10.0. The molecule has 1 aromatic carbocycles. The maximum Gasteiger partial charge on any atom is 0.198 e. The van der Waals surface area contributed by atoms with Gasteiger partial charge in [-0.15, -0.1) is 0 Å². The summed E-state index contributed by atoms with van der Waals surface area (Å²) in [6, 6.07) is 9.09. The Balaban J connectivity index is 1.86. The van der Waals surface area contributed by atoms with Crippen LogP contribution >= 0.6 is 11.6 Å². The number of rotatable bonds is 3. The molecule has 18 heavy (non-hydrogen) atoms. The lowest BCUT2D eigenvalue weighted by atomic mass is 10.1. The van der Waals surface area contributed by atoms with Crippen LogP contribution in [0.1, 0.15) is 17.6 Å². The van der Waals surface area contributed by atoms with E-state index in [0.717, 1.165) is 5.52 Å². The number of aliphatic hydroxyl groups excluding tert-OH is 1. The molecule has 1 atom stereocenters. The molecule has 0 fully saturated rings. The van der Waals surface area contributed by atoms with Crippen molar-refractivity contribution < 1.29 is 13.9 Å². The quantitative estimate of drug-likeness (QED) is 0.787. The first-order chi connectivity index (χ1) is 8.74. The molecule has 2 heterocycles. The summed E-state index contributed by atoms with van der Waals surface area (Å²) < 4.78 is 10.5. The van der Waals surface area contributed by atoms with Crippen LogP contribution in [0.4, 0.5) is 0 Å². The van der Waals surface area contributed by atoms with Crippen LogP contribution in [0, 0.1) is 0 Å². The van der Waals surface area contributed by atoms with Crippen LogP contribution in [0.2, 0.25) is 5.22 Å². The van der Waals surface area contributed by atoms with Crippen LogP contribution < -0.4 is 0 Å². The number of aliphatic hydroxyl groups is 1. The number of oxazole rings is 1. The highest BCUT2D eigenvalue weighted by Gasteiger charge is 2.17. The number of hydrogen-bond acceptors (Lipinski definition) is 4. The molecule has 4 nitrogen and oxygen atoms in total. The molecule has 0 bridgehead atoms. The second-order valence-electron chi connectivity index (χ2n) is 3.94. The second-order valence-corrected chi connectivity index (χ2v) is 4.29. The lowest BCUT2D eigenvalue weighted by Gasteiger charge is -2.05. The molecule has 0 aliphatic rings. The highest BCUT2D eigenvalue weighted by atomic mass is 35.5. The van der Waals surface area contributed by atoms with E-state index in [-0.39, 0.29) is 11.6 Å². The minimum absolute atomic E-state index is 0.193. The van der Waals surface area contributed by atoms with Gasteiger partial charge in [-0.25, -0.2) is 4.98 Å². The van der Waals surface area contributed by atoms with Gasteiger partial charge in [-0.2, -0.15) is 0 Å². The van der Waals surface area contributed by atoms with Crippen LogP contribution in [0.25, 0.3) is 11.1 Å². The number of para-hydroxylation sites is 2. The van der Waals surface area contributed by atoms with Gasteiger partial charge in [0.15, 0.2) is 16.7 Å². The topological polar surface area (TPSA) is 59.4 Å². The van der Waals surface area contributed by atoms with Gasteiger partial charge in [0.05, 0.1) is 18.8 Å². The lowest BCUT2D eigenvalue weighted by molar-refractivity contribution is 0.168. The van der Waals surface area contributed by atoms with E-state index in [1.807, 2.05) is 24.3 Å². The summed E-state index contributed by atoms with van der Waals surface area (Å²) in [6.45, 7) is 0. The van der Waals surface area contributed by atoms with Crippen LogP contribution in [-0.4, -0.2) is 10.1 Å². The van der Waals surface area contributed by atoms with Gasteiger partial charge in [-0.1, -0.05) is 12.1 Å². The summed E-state index contributed by atoms with van der Waals surface area (Å²) in [7, 11) is 0. The second kappa shape index (κ2) is 4.48.